The molecule has 0 saturated carbocycles. The molecule has 0 fully saturated rings. The summed E-state index contributed by atoms with van der Waals surface area (Å²) >= 11 is 0. The van der Waals surface area contributed by atoms with Gasteiger partial charge in [-0.25, -0.2) is 9.31 Å². The minimum Gasteiger partial charge on any atom is -0.464 e. The van der Waals surface area contributed by atoms with E-state index in [1.165, 1.54) is 11.6 Å². The van der Waals surface area contributed by atoms with Gasteiger partial charge < -0.3 is 4.74 Å². The minimum atomic E-state index is -0.606. The number of nitrogens with zero attached hydrogens (tertiary/aromatic N) is 2. The first kappa shape index (κ1) is 10.4. The SMILES string of the molecule is COC(=O)c1nn2cccc(C)c2c1C=O. The molecular formula is C11H10N2O3. The van der Waals surface area contributed by atoms with Gasteiger partial charge in [0, 0.05) is 6.20 Å². The van der Waals surface area contributed by atoms with Crippen molar-refractivity contribution in [3.05, 3.63) is 35.2 Å². The van der Waals surface area contributed by atoms with Crippen LogP contribution in [0.4, 0.5) is 0 Å². The molecule has 0 aromatic carbocycles. The summed E-state index contributed by atoms with van der Waals surface area (Å²) in [5.41, 5.74) is 1.84. The Kier molecular flexibility index (Phi) is 2.44. The summed E-state index contributed by atoms with van der Waals surface area (Å²) in [6.45, 7) is 1.85. The summed E-state index contributed by atoms with van der Waals surface area (Å²) in [7, 11) is 1.26. The van der Waals surface area contributed by atoms with Crippen LogP contribution < -0.4 is 0 Å². The molecule has 0 aliphatic rings. The van der Waals surface area contributed by atoms with Crippen molar-refractivity contribution in [1.82, 2.24) is 9.61 Å². The second kappa shape index (κ2) is 3.77. The standard InChI is InChI=1S/C11H10N2O3/c1-7-4-3-5-13-10(7)8(6-14)9(12-13)11(15)16-2/h3-6H,1-2H3. The Bertz CT molecular complexity index is 572. The van der Waals surface area contributed by atoms with Crippen LogP contribution in [0.25, 0.3) is 5.52 Å². The smallest absolute Gasteiger partial charge is 0.359 e. The van der Waals surface area contributed by atoms with Gasteiger partial charge in [0.2, 0.25) is 0 Å². The number of hydrogen-bond donors (Lipinski definition) is 0. The first-order chi connectivity index (χ1) is 7.69. The molecule has 82 valence electrons. The molecule has 5 heteroatoms. The Morgan fingerprint density at radius 3 is 2.94 bits per heavy atom. The number of aryl methyl sites for hydroxylation is 1. The third kappa shape index (κ3) is 1.37. The number of carbonyl (C=O) groups excluding carboxylic acids is 2. The third-order valence-electron chi connectivity index (χ3n) is 2.39. The number of pyridine rings is 1. The van der Waals surface area contributed by atoms with Crippen molar-refractivity contribution in [1.29, 1.82) is 0 Å². The van der Waals surface area contributed by atoms with E-state index in [2.05, 4.69) is 9.84 Å². The molecule has 0 bridgehead atoms. The monoisotopic (exact) mass is 218 g/mol. The van der Waals surface area contributed by atoms with E-state index in [0.717, 1.165) is 5.56 Å². The molecule has 0 aliphatic carbocycles. The molecule has 0 atom stereocenters. The van der Waals surface area contributed by atoms with Crippen LogP contribution in [-0.2, 0) is 4.74 Å². The highest BCUT2D eigenvalue weighted by Crippen LogP contribution is 2.18. The number of fused-ring (bicyclic) bond motifs is 1. The molecule has 0 aliphatic heterocycles. The Hall–Kier alpha value is -2.17. The van der Waals surface area contributed by atoms with E-state index in [4.69, 9.17) is 0 Å². The van der Waals surface area contributed by atoms with E-state index in [9.17, 15) is 9.59 Å². The van der Waals surface area contributed by atoms with Crippen LogP contribution in [0.5, 0.6) is 0 Å². The van der Waals surface area contributed by atoms with Crippen molar-refractivity contribution in [2.45, 2.75) is 6.92 Å². The van der Waals surface area contributed by atoms with Gasteiger partial charge in [-0.15, -0.1) is 0 Å². The summed E-state index contributed by atoms with van der Waals surface area (Å²) < 4.78 is 6.08. The average Bonchev–Trinajstić information content (AvgIpc) is 2.68. The van der Waals surface area contributed by atoms with Gasteiger partial charge in [-0.05, 0) is 18.6 Å². The van der Waals surface area contributed by atoms with Crippen LogP contribution in [0.1, 0.15) is 26.4 Å². The highest BCUT2D eigenvalue weighted by Gasteiger charge is 2.20. The van der Waals surface area contributed by atoms with Crippen molar-refractivity contribution < 1.29 is 14.3 Å². The Morgan fingerprint density at radius 1 is 1.56 bits per heavy atom. The van der Waals surface area contributed by atoms with Gasteiger partial charge in [0.25, 0.3) is 0 Å². The highest BCUT2D eigenvalue weighted by atomic mass is 16.5. The molecule has 0 radical (unpaired) electrons. The van der Waals surface area contributed by atoms with Crippen LogP contribution in [0, 0.1) is 6.92 Å². The zero-order chi connectivity index (χ0) is 11.7. The quantitative estimate of drug-likeness (QED) is 0.562. The number of aldehydes is 1. The van der Waals surface area contributed by atoms with E-state index in [0.29, 0.717) is 11.8 Å². The van der Waals surface area contributed by atoms with Crippen molar-refractivity contribution >= 4 is 17.8 Å². The lowest BCUT2D eigenvalue weighted by molar-refractivity contribution is 0.0591. The van der Waals surface area contributed by atoms with Crippen molar-refractivity contribution in [2.75, 3.05) is 7.11 Å². The van der Waals surface area contributed by atoms with Gasteiger partial charge in [0.15, 0.2) is 12.0 Å². The van der Waals surface area contributed by atoms with E-state index >= 15 is 0 Å². The molecular weight excluding hydrogens is 208 g/mol. The van der Waals surface area contributed by atoms with E-state index in [1.54, 1.807) is 12.3 Å². The number of aromatic nitrogens is 2. The Labute approximate surface area is 91.6 Å². The predicted octanol–water partition coefficient (Wildman–Crippen LogP) is 1.24. The highest BCUT2D eigenvalue weighted by molar-refractivity contribution is 6.02. The lowest BCUT2D eigenvalue weighted by atomic mass is 10.1. The lowest BCUT2D eigenvalue weighted by Crippen LogP contribution is -2.04. The summed E-state index contributed by atoms with van der Waals surface area (Å²) in [5.74, 6) is -0.606. The molecule has 2 aromatic heterocycles. The normalized spacial score (nSPS) is 10.4. The number of hydrogen-bond acceptors (Lipinski definition) is 4. The third-order valence-corrected chi connectivity index (χ3v) is 2.39. The van der Waals surface area contributed by atoms with E-state index in [1.807, 2.05) is 13.0 Å². The van der Waals surface area contributed by atoms with Gasteiger partial charge in [0.1, 0.15) is 0 Å². The summed E-state index contributed by atoms with van der Waals surface area (Å²) in [4.78, 5) is 22.4. The van der Waals surface area contributed by atoms with Crippen molar-refractivity contribution in [3.8, 4) is 0 Å². The van der Waals surface area contributed by atoms with Crippen LogP contribution in [0.3, 0.4) is 0 Å². The second-order valence-electron chi connectivity index (χ2n) is 3.36. The fourth-order valence-corrected chi connectivity index (χ4v) is 1.66. The molecule has 0 N–H and O–H groups in total. The second-order valence-corrected chi connectivity index (χ2v) is 3.36. The molecule has 0 unspecified atom stereocenters. The average molecular weight is 218 g/mol. The summed E-state index contributed by atoms with van der Waals surface area (Å²) in [5, 5.41) is 4.03. The number of ether oxygens (including phenoxy) is 1. The minimum absolute atomic E-state index is 0.0480. The fourth-order valence-electron chi connectivity index (χ4n) is 1.66. The van der Waals surface area contributed by atoms with Crippen LogP contribution in [-0.4, -0.2) is 29.0 Å². The molecule has 0 amide bonds. The van der Waals surface area contributed by atoms with Crippen molar-refractivity contribution in [2.24, 2.45) is 0 Å². The first-order valence-corrected chi connectivity index (χ1v) is 4.70. The predicted molar refractivity (Wildman–Crippen MR) is 56.7 cm³/mol. The Balaban J connectivity index is 2.82. The molecule has 2 rings (SSSR count). The molecule has 5 nitrogen and oxygen atoms in total. The first-order valence-electron chi connectivity index (χ1n) is 4.70. The number of methoxy groups -OCH3 is 1. The number of esters is 1. The zero-order valence-corrected chi connectivity index (χ0v) is 8.93. The van der Waals surface area contributed by atoms with Gasteiger partial charge in [-0.3, -0.25) is 4.79 Å². The molecule has 2 aromatic rings. The summed E-state index contributed by atoms with van der Waals surface area (Å²) in [6.07, 6.45) is 2.31. The maximum Gasteiger partial charge on any atom is 0.359 e. The summed E-state index contributed by atoms with van der Waals surface area (Å²) in [6, 6.07) is 3.65. The molecule has 0 saturated heterocycles. The Morgan fingerprint density at radius 2 is 2.31 bits per heavy atom. The maximum atomic E-state index is 11.4. The molecule has 0 spiro atoms. The fraction of sp³-hybridized carbons (Fsp3) is 0.182. The zero-order valence-electron chi connectivity index (χ0n) is 8.93. The van der Waals surface area contributed by atoms with Gasteiger partial charge in [0.05, 0.1) is 18.2 Å². The van der Waals surface area contributed by atoms with Crippen LogP contribution in [0.2, 0.25) is 0 Å². The molecule has 16 heavy (non-hydrogen) atoms. The van der Waals surface area contributed by atoms with Crippen molar-refractivity contribution in [3.63, 3.8) is 0 Å². The van der Waals surface area contributed by atoms with E-state index in [-0.39, 0.29) is 11.3 Å². The maximum absolute atomic E-state index is 11.4. The van der Waals surface area contributed by atoms with Crippen LogP contribution >= 0.6 is 0 Å². The van der Waals surface area contributed by atoms with Gasteiger partial charge >= 0.3 is 5.97 Å². The lowest BCUT2D eigenvalue weighted by Gasteiger charge is -1.96. The molecule has 2 heterocycles. The number of rotatable bonds is 2. The van der Waals surface area contributed by atoms with Gasteiger partial charge in [-0.2, -0.15) is 5.10 Å². The van der Waals surface area contributed by atoms with E-state index < -0.39 is 5.97 Å². The largest absolute Gasteiger partial charge is 0.464 e. The van der Waals surface area contributed by atoms with Gasteiger partial charge in [-0.1, -0.05) is 6.07 Å². The topological polar surface area (TPSA) is 60.7 Å². The van der Waals surface area contributed by atoms with Crippen LogP contribution in [0.15, 0.2) is 18.3 Å². The number of carbonyl (C=O) groups is 2.